The monoisotopic (exact) mass is 310 g/mol. The second-order valence-corrected chi connectivity index (χ2v) is 5.41. The van der Waals surface area contributed by atoms with E-state index >= 15 is 0 Å². The van der Waals surface area contributed by atoms with Crippen molar-refractivity contribution in [3.8, 4) is 0 Å². The average Bonchev–Trinajstić information content (AvgIpc) is 3.10. The third kappa shape index (κ3) is 3.53. The van der Waals surface area contributed by atoms with Crippen LogP contribution in [0.4, 0.5) is 0 Å². The topological polar surface area (TPSA) is 59.0 Å². The van der Waals surface area contributed by atoms with Gasteiger partial charge in [-0.15, -0.1) is 5.10 Å². The Kier molecular flexibility index (Phi) is 4.50. The Balaban J connectivity index is 1.83. The molecule has 2 heterocycles. The molecule has 6 heteroatoms. The summed E-state index contributed by atoms with van der Waals surface area (Å²) in [5.41, 5.74) is 2.43. The van der Waals surface area contributed by atoms with Crippen LogP contribution < -0.4 is 0 Å². The number of carbonyl (C=O) groups excluding carboxylic acids is 1. The lowest BCUT2D eigenvalue weighted by atomic mass is 10.2. The van der Waals surface area contributed by atoms with Crippen LogP contribution in [0.5, 0.6) is 0 Å². The van der Waals surface area contributed by atoms with E-state index in [4.69, 9.17) is 0 Å². The van der Waals surface area contributed by atoms with Gasteiger partial charge in [-0.05, 0) is 28.7 Å². The summed E-state index contributed by atoms with van der Waals surface area (Å²) in [5, 5.41) is 5.55. The fraction of sp³-hybridized carbons (Fsp3) is 0.125. The molecule has 110 valence electrons. The number of amides is 1. The molecule has 0 spiro atoms. The summed E-state index contributed by atoms with van der Waals surface area (Å²) in [6.07, 6.45) is 3.49. The second kappa shape index (κ2) is 6.91. The highest BCUT2D eigenvalue weighted by atomic mass is 32.1. The zero-order valence-electron chi connectivity index (χ0n) is 11.8. The molecule has 3 rings (SSSR count). The number of benzene rings is 1. The summed E-state index contributed by atoms with van der Waals surface area (Å²) in [5.74, 6) is -0.124. The predicted molar refractivity (Wildman–Crippen MR) is 84.2 cm³/mol. The molecule has 0 unspecified atom stereocenters. The van der Waals surface area contributed by atoms with Crippen LogP contribution in [0.15, 0.2) is 60.2 Å². The zero-order valence-corrected chi connectivity index (χ0v) is 12.6. The van der Waals surface area contributed by atoms with Crippen LogP contribution in [-0.2, 0) is 13.1 Å². The van der Waals surface area contributed by atoms with Crippen LogP contribution in [0, 0.1) is 0 Å². The van der Waals surface area contributed by atoms with Crippen molar-refractivity contribution in [3.63, 3.8) is 0 Å². The molecular weight excluding hydrogens is 296 g/mol. The summed E-state index contributed by atoms with van der Waals surface area (Å²) < 4.78 is 3.77. The molecule has 1 amide bonds. The van der Waals surface area contributed by atoms with E-state index < -0.39 is 0 Å². The summed E-state index contributed by atoms with van der Waals surface area (Å²) in [4.78, 5) is 18.5. The summed E-state index contributed by atoms with van der Waals surface area (Å²) >= 11 is 1.18. The van der Waals surface area contributed by atoms with Gasteiger partial charge in [0.1, 0.15) is 0 Å². The molecule has 0 bridgehead atoms. The standard InChI is InChI=1S/C16H14N4OS/c21-16(15-12-22-19-18-15)20(10-13-5-2-1-3-6-13)11-14-7-4-8-17-9-14/h1-9,12H,10-11H2. The molecule has 22 heavy (non-hydrogen) atoms. The predicted octanol–water partition coefficient (Wildman–Crippen LogP) is 2.78. The smallest absolute Gasteiger partial charge is 0.275 e. The van der Waals surface area contributed by atoms with Gasteiger partial charge < -0.3 is 4.90 Å². The van der Waals surface area contributed by atoms with Crippen LogP contribution in [0.25, 0.3) is 0 Å². The minimum atomic E-state index is -0.124. The van der Waals surface area contributed by atoms with E-state index in [0.717, 1.165) is 11.1 Å². The minimum absolute atomic E-state index is 0.124. The molecule has 0 saturated carbocycles. The molecule has 0 aliphatic rings. The summed E-state index contributed by atoms with van der Waals surface area (Å²) in [6, 6.07) is 13.7. The Hall–Kier alpha value is -2.60. The second-order valence-electron chi connectivity index (χ2n) is 4.80. The van der Waals surface area contributed by atoms with Crippen LogP contribution in [0.2, 0.25) is 0 Å². The molecular formula is C16H14N4OS. The molecule has 5 nitrogen and oxygen atoms in total. The van der Waals surface area contributed by atoms with Crippen LogP contribution in [0.1, 0.15) is 21.6 Å². The van der Waals surface area contributed by atoms with Gasteiger partial charge in [-0.25, -0.2) is 0 Å². The van der Waals surface area contributed by atoms with Gasteiger partial charge in [-0.2, -0.15) is 0 Å². The molecule has 2 aromatic heterocycles. The van der Waals surface area contributed by atoms with Gasteiger partial charge in [0.05, 0.1) is 0 Å². The van der Waals surface area contributed by atoms with Crippen molar-refractivity contribution in [1.82, 2.24) is 19.5 Å². The van der Waals surface area contributed by atoms with Crippen molar-refractivity contribution < 1.29 is 4.79 Å². The molecule has 1 aromatic carbocycles. The van der Waals surface area contributed by atoms with Gasteiger partial charge in [-0.3, -0.25) is 9.78 Å². The highest BCUT2D eigenvalue weighted by Gasteiger charge is 2.19. The first kappa shape index (κ1) is 14.3. The Morgan fingerprint density at radius 3 is 2.50 bits per heavy atom. The lowest BCUT2D eigenvalue weighted by Crippen LogP contribution is -2.30. The summed E-state index contributed by atoms with van der Waals surface area (Å²) in [6.45, 7) is 1.01. The maximum atomic E-state index is 12.6. The number of rotatable bonds is 5. The fourth-order valence-electron chi connectivity index (χ4n) is 2.14. The Morgan fingerprint density at radius 2 is 1.82 bits per heavy atom. The van der Waals surface area contributed by atoms with Gasteiger partial charge in [0, 0.05) is 30.9 Å². The van der Waals surface area contributed by atoms with Crippen molar-refractivity contribution in [1.29, 1.82) is 0 Å². The normalized spacial score (nSPS) is 10.4. The van der Waals surface area contributed by atoms with E-state index in [1.54, 1.807) is 22.7 Å². The molecule has 0 saturated heterocycles. The quantitative estimate of drug-likeness (QED) is 0.727. The molecule has 0 aliphatic heterocycles. The van der Waals surface area contributed by atoms with Crippen LogP contribution >= 0.6 is 11.5 Å². The third-order valence-electron chi connectivity index (χ3n) is 3.18. The first-order valence-electron chi connectivity index (χ1n) is 6.82. The zero-order chi connectivity index (χ0) is 15.2. The van der Waals surface area contributed by atoms with Crippen LogP contribution in [0.3, 0.4) is 0 Å². The lowest BCUT2D eigenvalue weighted by Gasteiger charge is -2.21. The SMILES string of the molecule is O=C(c1csnn1)N(Cc1ccccc1)Cc1cccnc1. The van der Waals surface area contributed by atoms with E-state index in [1.807, 2.05) is 42.5 Å². The van der Waals surface area contributed by atoms with E-state index in [1.165, 1.54) is 11.5 Å². The first-order valence-corrected chi connectivity index (χ1v) is 7.66. The number of aromatic nitrogens is 3. The fourth-order valence-corrected chi connectivity index (χ4v) is 2.57. The van der Waals surface area contributed by atoms with Crippen LogP contribution in [-0.4, -0.2) is 25.4 Å². The molecule has 0 fully saturated rings. The largest absolute Gasteiger partial charge is 0.329 e. The maximum Gasteiger partial charge on any atom is 0.275 e. The number of hydrogen-bond donors (Lipinski definition) is 0. The van der Waals surface area contributed by atoms with Crippen molar-refractivity contribution in [2.24, 2.45) is 0 Å². The molecule has 0 N–H and O–H groups in total. The van der Waals surface area contributed by atoms with Crippen molar-refractivity contribution in [2.45, 2.75) is 13.1 Å². The summed E-state index contributed by atoms with van der Waals surface area (Å²) in [7, 11) is 0. The highest BCUT2D eigenvalue weighted by molar-refractivity contribution is 7.03. The Bertz CT molecular complexity index is 675. The minimum Gasteiger partial charge on any atom is -0.329 e. The van der Waals surface area contributed by atoms with Crippen molar-refractivity contribution in [2.75, 3.05) is 0 Å². The molecule has 0 aliphatic carbocycles. The van der Waals surface area contributed by atoms with Gasteiger partial charge in [-0.1, -0.05) is 40.9 Å². The number of nitrogens with zero attached hydrogens (tertiary/aromatic N) is 4. The maximum absolute atomic E-state index is 12.6. The van der Waals surface area contributed by atoms with Gasteiger partial charge in [0.25, 0.3) is 5.91 Å². The molecule has 0 radical (unpaired) electrons. The van der Waals surface area contributed by atoms with E-state index in [9.17, 15) is 4.79 Å². The Labute approximate surface area is 132 Å². The molecule has 3 aromatic rings. The number of pyridine rings is 1. The Morgan fingerprint density at radius 1 is 1.05 bits per heavy atom. The average molecular weight is 310 g/mol. The van der Waals surface area contributed by atoms with Crippen molar-refractivity contribution >= 4 is 17.4 Å². The van der Waals surface area contributed by atoms with Crippen molar-refractivity contribution in [3.05, 3.63) is 77.1 Å². The lowest BCUT2D eigenvalue weighted by molar-refractivity contribution is 0.0724. The van der Waals surface area contributed by atoms with E-state index in [-0.39, 0.29) is 5.91 Å². The third-order valence-corrected chi connectivity index (χ3v) is 3.68. The van der Waals surface area contributed by atoms with Gasteiger partial charge in [0.2, 0.25) is 0 Å². The van der Waals surface area contributed by atoms with E-state index in [2.05, 4.69) is 14.6 Å². The van der Waals surface area contributed by atoms with Gasteiger partial charge >= 0.3 is 0 Å². The number of hydrogen-bond acceptors (Lipinski definition) is 5. The molecule has 0 atom stereocenters. The number of carbonyl (C=O) groups is 1. The van der Waals surface area contributed by atoms with Gasteiger partial charge in [0.15, 0.2) is 5.69 Å². The highest BCUT2D eigenvalue weighted by Crippen LogP contribution is 2.13. The first-order chi connectivity index (χ1) is 10.8. The van der Waals surface area contributed by atoms with E-state index in [0.29, 0.717) is 18.8 Å².